The Hall–Kier alpha value is -4.01. The Morgan fingerprint density at radius 2 is 2.03 bits per heavy atom. The number of pyridine rings is 1. The number of carbonyl (C=O) groups excluding carboxylic acids is 1. The molecule has 1 fully saturated rings. The van der Waals surface area contributed by atoms with Gasteiger partial charge in [-0.2, -0.15) is 10.5 Å². The van der Waals surface area contributed by atoms with Gasteiger partial charge in [-0.15, -0.1) is 11.3 Å². The van der Waals surface area contributed by atoms with E-state index in [9.17, 15) is 15.3 Å². The van der Waals surface area contributed by atoms with E-state index in [1.165, 1.54) is 11.3 Å². The average molecular weight is 467 g/mol. The van der Waals surface area contributed by atoms with Gasteiger partial charge in [-0.05, 0) is 56.9 Å². The van der Waals surface area contributed by atoms with Crippen molar-refractivity contribution in [3.8, 4) is 23.5 Å². The molecule has 1 aliphatic carbocycles. The van der Waals surface area contributed by atoms with Gasteiger partial charge in [-0.1, -0.05) is 12.1 Å². The van der Waals surface area contributed by atoms with Gasteiger partial charge < -0.3 is 9.88 Å². The van der Waals surface area contributed by atoms with Gasteiger partial charge in [0.1, 0.15) is 17.6 Å². The molecule has 7 nitrogen and oxygen atoms in total. The molecule has 5 rings (SSSR count). The first kappa shape index (κ1) is 21.8. The minimum atomic E-state index is -0.0328. The lowest BCUT2D eigenvalue weighted by Crippen LogP contribution is -2.38. The third-order valence-corrected chi connectivity index (χ3v) is 7.29. The zero-order valence-corrected chi connectivity index (χ0v) is 19.5. The van der Waals surface area contributed by atoms with Gasteiger partial charge in [0, 0.05) is 28.6 Å². The van der Waals surface area contributed by atoms with Gasteiger partial charge >= 0.3 is 0 Å². The number of hydrogen-bond donors (Lipinski definition) is 1. The number of thiophene rings is 1. The fourth-order valence-electron chi connectivity index (χ4n) is 4.73. The summed E-state index contributed by atoms with van der Waals surface area (Å²) in [5.41, 5.74) is 3.10. The van der Waals surface area contributed by atoms with Crippen LogP contribution in [0.2, 0.25) is 0 Å². The number of aromatic nitrogens is 3. The molecule has 3 aromatic heterocycles. The molecule has 1 aliphatic rings. The number of nitrogens with zero attached hydrogens (tertiary/aromatic N) is 5. The molecule has 4 aromatic rings. The molecule has 0 radical (unpaired) electrons. The quantitative estimate of drug-likeness (QED) is 0.449. The number of fused-ring (bicyclic) bond motifs is 1. The van der Waals surface area contributed by atoms with Crippen molar-refractivity contribution in [2.24, 2.45) is 0 Å². The Morgan fingerprint density at radius 3 is 2.79 bits per heavy atom. The zero-order chi connectivity index (χ0) is 23.7. The SMILES string of the molecule is Cc1ccc(C(=O)NC2CCCC(n3c(-c4ccccc4C#N)nc4cc(C#N)ncc43)C2)s1. The van der Waals surface area contributed by atoms with Crippen molar-refractivity contribution >= 4 is 28.3 Å². The second kappa shape index (κ2) is 9.09. The van der Waals surface area contributed by atoms with Crippen LogP contribution in [0.4, 0.5) is 0 Å². The second-order valence-corrected chi connectivity index (χ2v) is 9.82. The maximum atomic E-state index is 12.8. The lowest BCUT2D eigenvalue weighted by molar-refractivity contribution is 0.0925. The molecule has 168 valence electrons. The predicted molar refractivity (Wildman–Crippen MR) is 130 cm³/mol. The Balaban J connectivity index is 1.53. The molecule has 0 spiro atoms. The van der Waals surface area contributed by atoms with E-state index in [2.05, 4.69) is 27.0 Å². The van der Waals surface area contributed by atoms with Crippen LogP contribution < -0.4 is 5.32 Å². The van der Waals surface area contributed by atoms with E-state index < -0.39 is 0 Å². The maximum Gasteiger partial charge on any atom is 0.261 e. The van der Waals surface area contributed by atoms with Crippen molar-refractivity contribution in [3.63, 3.8) is 0 Å². The van der Waals surface area contributed by atoms with Crippen LogP contribution in [0.25, 0.3) is 22.4 Å². The molecule has 1 N–H and O–H groups in total. The number of nitrogens with one attached hydrogen (secondary N) is 1. The molecule has 0 aliphatic heterocycles. The van der Waals surface area contributed by atoms with Crippen LogP contribution in [0.3, 0.4) is 0 Å². The fourth-order valence-corrected chi connectivity index (χ4v) is 5.50. The van der Waals surface area contributed by atoms with Crippen molar-refractivity contribution in [3.05, 3.63) is 69.7 Å². The summed E-state index contributed by atoms with van der Waals surface area (Å²) in [4.78, 5) is 23.7. The Labute approximate surface area is 201 Å². The van der Waals surface area contributed by atoms with Gasteiger partial charge in [0.15, 0.2) is 0 Å². The van der Waals surface area contributed by atoms with E-state index in [0.29, 0.717) is 22.6 Å². The van der Waals surface area contributed by atoms with Crippen LogP contribution in [0, 0.1) is 29.6 Å². The third-order valence-electron chi connectivity index (χ3n) is 6.29. The second-order valence-electron chi connectivity index (χ2n) is 8.53. The molecular weight excluding hydrogens is 444 g/mol. The van der Waals surface area contributed by atoms with Crippen molar-refractivity contribution in [2.45, 2.75) is 44.7 Å². The maximum absolute atomic E-state index is 12.8. The first-order valence-corrected chi connectivity index (χ1v) is 12.0. The monoisotopic (exact) mass is 466 g/mol. The van der Waals surface area contributed by atoms with E-state index in [4.69, 9.17) is 4.98 Å². The summed E-state index contributed by atoms with van der Waals surface area (Å²) in [6.45, 7) is 1.99. The van der Waals surface area contributed by atoms with Crippen LogP contribution >= 0.6 is 11.3 Å². The summed E-state index contributed by atoms with van der Waals surface area (Å²) in [6.07, 6.45) is 5.25. The molecular formula is C26H22N6OS. The normalized spacial score (nSPS) is 17.7. The number of carbonyl (C=O) groups is 1. The summed E-state index contributed by atoms with van der Waals surface area (Å²) in [6, 6.07) is 17.4. The van der Waals surface area contributed by atoms with E-state index in [1.54, 1.807) is 18.3 Å². The highest BCUT2D eigenvalue weighted by Crippen LogP contribution is 2.37. The molecule has 1 saturated carbocycles. The topological polar surface area (TPSA) is 107 Å². The number of imidazole rings is 1. The van der Waals surface area contributed by atoms with Gasteiger partial charge in [-0.3, -0.25) is 4.79 Å². The minimum Gasteiger partial charge on any atom is -0.349 e. The lowest BCUT2D eigenvalue weighted by atomic mass is 9.90. The first-order valence-electron chi connectivity index (χ1n) is 11.2. The van der Waals surface area contributed by atoms with E-state index in [0.717, 1.165) is 46.5 Å². The van der Waals surface area contributed by atoms with Crippen molar-refractivity contribution in [1.82, 2.24) is 19.9 Å². The smallest absolute Gasteiger partial charge is 0.261 e. The number of hydrogen-bond acceptors (Lipinski definition) is 6. The summed E-state index contributed by atoms with van der Waals surface area (Å²) < 4.78 is 2.15. The van der Waals surface area contributed by atoms with Gasteiger partial charge in [0.2, 0.25) is 0 Å². The molecule has 0 bridgehead atoms. The van der Waals surface area contributed by atoms with Crippen LogP contribution in [0.1, 0.15) is 57.5 Å². The van der Waals surface area contributed by atoms with Crippen molar-refractivity contribution in [2.75, 3.05) is 0 Å². The summed E-state index contributed by atoms with van der Waals surface area (Å²) in [5, 5.41) is 22.2. The largest absolute Gasteiger partial charge is 0.349 e. The first-order chi connectivity index (χ1) is 16.6. The lowest BCUT2D eigenvalue weighted by Gasteiger charge is -2.32. The number of nitriles is 2. The van der Waals surface area contributed by atoms with Crippen LogP contribution in [-0.4, -0.2) is 26.5 Å². The highest BCUT2D eigenvalue weighted by atomic mass is 32.1. The molecule has 3 heterocycles. The molecule has 34 heavy (non-hydrogen) atoms. The van der Waals surface area contributed by atoms with Gasteiger partial charge in [0.25, 0.3) is 5.91 Å². The minimum absolute atomic E-state index is 0.0328. The highest BCUT2D eigenvalue weighted by Gasteiger charge is 2.29. The number of amides is 1. The van der Waals surface area contributed by atoms with Gasteiger partial charge in [0.05, 0.1) is 33.7 Å². The number of benzene rings is 1. The zero-order valence-electron chi connectivity index (χ0n) is 18.7. The van der Waals surface area contributed by atoms with Crippen LogP contribution in [-0.2, 0) is 0 Å². The van der Waals surface area contributed by atoms with E-state index >= 15 is 0 Å². The standard InChI is InChI=1S/C26H22N6OS/c1-16-9-10-24(34-16)26(33)30-18-6-4-7-20(11-18)32-23-15-29-19(14-28)12-22(23)31-25(32)21-8-3-2-5-17(21)13-27/h2-3,5,8-10,12,15,18,20H,4,6-7,11H2,1H3,(H,30,33). The summed E-state index contributed by atoms with van der Waals surface area (Å²) >= 11 is 1.50. The Morgan fingerprint density at radius 1 is 1.18 bits per heavy atom. The van der Waals surface area contributed by atoms with Crippen LogP contribution in [0.5, 0.6) is 0 Å². The highest BCUT2D eigenvalue weighted by molar-refractivity contribution is 7.13. The Kier molecular flexibility index (Phi) is 5.83. The third kappa shape index (κ3) is 4.05. The molecule has 0 saturated heterocycles. The fraction of sp³-hybridized carbons (Fsp3) is 0.269. The van der Waals surface area contributed by atoms with E-state index in [-0.39, 0.29) is 18.0 Å². The van der Waals surface area contributed by atoms with Gasteiger partial charge in [-0.25, -0.2) is 9.97 Å². The Bertz CT molecular complexity index is 1470. The summed E-state index contributed by atoms with van der Waals surface area (Å²) in [5.74, 6) is 0.657. The van der Waals surface area contributed by atoms with Crippen molar-refractivity contribution in [1.29, 1.82) is 10.5 Å². The molecule has 1 aromatic carbocycles. The molecule has 2 atom stereocenters. The number of rotatable bonds is 4. The average Bonchev–Trinajstić information content (AvgIpc) is 3.47. The molecule has 1 amide bonds. The molecule has 8 heteroatoms. The number of aryl methyl sites for hydroxylation is 1. The van der Waals surface area contributed by atoms with Crippen LogP contribution in [0.15, 0.2) is 48.7 Å². The van der Waals surface area contributed by atoms with E-state index in [1.807, 2.05) is 37.3 Å². The molecule has 2 unspecified atom stereocenters. The van der Waals surface area contributed by atoms with Crippen molar-refractivity contribution < 1.29 is 4.79 Å². The predicted octanol–water partition coefficient (Wildman–Crippen LogP) is 5.13. The summed E-state index contributed by atoms with van der Waals surface area (Å²) in [7, 11) is 0.